The number of nitrogens with one attached hydrogen (secondary N) is 3. The van der Waals surface area contributed by atoms with Crippen LogP contribution in [-0.2, 0) is 34.0 Å². The quantitative estimate of drug-likeness (QED) is 0.249. The lowest BCUT2D eigenvalue weighted by atomic mass is 9.86. The lowest BCUT2D eigenvalue weighted by Gasteiger charge is -2.28. The normalized spacial score (nSPS) is 16.5. The van der Waals surface area contributed by atoms with Crippen LogP contribution in [-0.4, -0.2) is 19.9 Å². The van der Waals surface area contributed by atoms with Gasteiger partial charge in [0.25, 0.3) is 0 Å². The monoisotopic (exact) mass is 605 g/mol. The molecule has 1 aliphatic rings. The second-order valence-electron chi connectivity index (χ2n) is 11.6. The summed E-state index contributed by atoms with van der Waals surface area (Å²) in [6.07, 6.45) is -2.72. The van der Waals surface area contributed by atoms with Crippen LogP contribution in [0, 0.1) is 5.82 Å². The Bertz CT molecular complexity index is 1530. The van der Waals surface area contributed by atoms with E-state index in [2.05, 4.69) is 42.2 Å². The molecule has 3 N–H and O–H groups in total. The maximum absolute atomic E-state index is 14.1. The fraction of sp³-hybridized carbons (Fsp3) is 0.387. The lowest BCUT2D eigenvalue weighted by molar-refractivity contribution is -0.137. The summed E-state index contributed by atoms with van der Waals surface area (Å²) in [6.45, 7) is 6.98. The Kier molecular flexibility index (Phi) is 9.44. The molecular weight excluding hydrogens is 570 g/mol. The van der Waals surface area contributed by atoms with Crippen molar-refractivity contribution >= 4 is 15.9 Å². The fourth-order valence-corrected chi connectivity index (χ4v) is 6.25. The van der Waals surface area contributed by atoms with Crippen molar-refractivity contribution in [2.45, 2.75) is 81.7 Å². The zero-order valence-electron chi connectivity index (χ0n) is 23.7. The lowest BCUT2D eigenvalue weighted by Crippen LogP contribution is -2.36. The molecule has 0 radical (unpaired) electrons. The first-order valence-corrected chi connectivity index (χ1v) is 15.2. The minimum Gasteiger partial charge on any atom is -0.349 e. The van der Waals surface area contributed by atoms with Gasteiger partial charge in [-0.3, -0.25) is 4.79 Å². The summed E-state index contributed by atoms with van der Waals surface area (Å²) in [5, 5.41) is 6.45. The van der Waals surface area contributed by atoms with Gasteiger partial charge in [-0.15, -0.1) is 0 Å². The summed E-state index contributed by atoms with van der Waals surface area (Å²) in [7, 11) is -4.51. The molecule has 0 saturated carbocycles. The van der Waals surface area contributed by atoms with E-state index < -0.39 is 44.4 Å². The van der Waals surface area contributed by atoms with E-state index in [1.165, 1.54) is 18.2 Å². The van der Waals surface area contributed by atoms with Crippen LogP contribution in [0.15, 0.2) is 71.6 Å². The molecular formula is C31H35F4N3O3S. The second-order valence-corrected chi connectivity index (χ2v) is 13.3. The number of carbonyl (C=O) groups is 1. The highest BCUT2D eigenvalue weighted by atomic mass is 32.2. The second kappa shape index (κ2) is 12.5. The van der Waals surface area contributed by atoms with Crippen molar-refractivity contribution in [3.63, 3.8) is 0 Å². The van der Waals surface area contributed by atoms with Gasteiger partial charge in [0.05, 0.1) is 22.5 Å². The highest BCUT2D eigenvalue weighted by Gasteiger charge is 2.33. The van der Waals surface area contributed by atoms with Gasteiger partial charge < -0.3 is 10.6 Å². The van der Waals surface area contributed by atoms with Crippen molar-refractivity contribution in [2.75, 3.05) is 0 Å². The molecule has 3 aromatic rings. The van der Waals surface area contributed by atoms with Crippen molar-refractivity contribution in [1.29, 1.82) is 0 Å². The molecule has 0 spiro atoms. The number of benzene rings is 3. The number of rotatable bonds is 9. The minimum absolute atomic E-state index is 0.0345. The molecule has 2 unspecified atom stereocenters. The number of hydrogen-bond donors (Lipinski definition) is 3. The van der Waals surface area contributed by atoms with Gasteiger partial charge in [-0.1, -0.05) is 36.4 Å². The zero-order valence-corrected chi connectivity index (χ0v) is 24.5. The molecule has 0 aliphatic heterocycles. The van der Waals surface area contributed by atoms with Gasteiger partial charge >= 0.3 is 6.18 Å². The Labute approximate surface area is 244 Å². The standard InChI is InChI=1S/C31H35F4N3O3S/c1-30(2,3)36-19-20-13-14-26-21(15-20)7-5-12-27(26)37-29(39)18-28(22-8-4-10-24(32)16-22)38-42(40,41)25-11-6-9-23(17-25)31(33,34)35/h4,6,8-11,13-17,27-28,36,38H,5,7,12,18-19H2,1-3H3,(H,37,39). The third kappa shape index (κ3) is 8.39. The smallest absolute Gasteiger partial charge is 0.349 e. The van der Waals surface area contributed by atoms with E-state index in [0.29, 0.717) is 19.0 Å². The molecule has 1 amide bonds. The molecule has 4 rings (SSSR count). The Morgan fingerprint density at radius 3 is 2.43 bits per heavy atom. The summed E-state index contributed by atoms with van der Waals surface area (Å²) < 4.78 is 82.4. The van der Waals surface area contributed by atoms with Crippen LogP contribution in [0.2, 0.25) is 0 Å². The molecule has 0 saturated heterocycles. The molecule has 0 aromatic heterocycles. The van der Waals surface area contributed by atoms with Crippen LogP contribution < -0.4 is 15.4 Å². The molecule has 42 heavy (non-hydrogen) atoms. The first-order valence-electron chi connectivity index (χ1n) is 13.7. The van der Waals surface area contributed by atoms with Crippen LogP contribution in [0.25, 0.3) is 0 Å². The molecule has 0 bridgehead atoms. The van der Waals surface area contributed by atoms with Crippen LogP contribution in [0.5, 0.6) is 0 Å². The van der Waals surface area contributed by atoms with E-state index >= 15 is 0 Å². The molecule has 11 heteroatoms. The number of amides is 1. The number of hydrogen-bond acceptors (Lipinski definition) is 4. The summed E-state index contributed by atoms with van der Waals surface area (Å²) >= 11 is 0. The van der Waals surface area contributed by atoms with Crippen LogP contribution in [0.1, 0.15) is 79.9 Å². The first-order chi connectivity index (χ1) is 19.6. The maximum atomic E-state index is 14.1. The van der Waals surface area contributed by atoms with E-state index in [0.717, 1.165) is 53.8 Å². The molecule has 6 nitrogen and oxygen atoms in total. The third-order valence-corrected chi connectivity index (χ3v) is 8.56. The van der Waals surface area contributed by atoms with E-state index in [1.54, 1.807) is 0 Å². The summed E-state index contributed by atoms with van der Waals surface area (Å²) in [5.74, 6) is -1.12. The Balaban J connectivity index is 1.53. The number of aryl methyl sites for hydroxylation is 1. The summed E-state index contributed by atoms with van der Waals surface area (Å²) in [5.41, 5.74) is 2.26. The van der Waals surface area contributed by atoms with Gasteiger partial charge in [0, 0.05) is 18.5 Å². The molecule has 0 fully saturated rings. The molecule has 3 aromatic carbocycles. The average molecular weight is 606 g/mol. The van der Waals surface area contributed by atoms with Gasteiger partial charge in [0.2, 0.25) is 15.9 Å². The van der Waals surface area contributed by atoms with E-state index in [9.17, 15) is 30.8 Å². The number of fused-ring (bicyclic) bond motifs is 1. The minimum atomic E-state index is -4.74. The fourth-order valence-electron chi connectivity index (χ4n) is 4.98. The van der Waals surface area contributed by atoms with Gasteiger partial charge in [-0.2, -0.15) is 13.2 Å². The topological polar surface area (TPSA) is 87.3 Å². The Morgan fingerprint density at radius 1 is 1.00 bits per heavy atom. The van der Waals surface area contributed by atoms with Crippen molar-refractivity contribution in [3.8, 4) is 0 Å². The van der Waals surface area contributed by atoms with Gasteiger partial charge in [0.1, 0.15) is 5.82 Å². The highest BCUT2D eigenvalue weighted by molar-refractivity contribution is 7.89. The van der Waals surface area contributed by atoms with Crippen LogP contribution >= 0.6 is 0 Å². The predicted octanol–water partition coefficient (Wildman–Crippen LogP) is 6.34. The summed E-state index contributed by atoms with van der Waals surface area (Å²) in [4.78, 5) is 12.7. The largest absolute Gasteiger partial charge is 0.416 e. The van der Waals surface area contributed by atoms with Crippen LogP contribution in [0.4, 0.5) is 17.6 Å². The van der Waals surface area contributed by atoms with Gasteiger partial charge in [0.15, 0.2) is 0 Å². The number of halogens is 4. The maximum Gasteiger partial charge on any atom is 0.416 e. The van der Waals surface area contributed by atoms with Crippen molar-refractivity contribution in [1.82, 2.24) is 15.4 Å². The van der Waals surface area contributed by atoms with Crippen molar-refractivity contribution < 1.29 is 30.8 Å². The van der Waals surface area contributed by atoms with Crippen LogP contribution in [0.3, 0.4) is 0 Å². The highest BCUT2D eigenvalue weighted by Crippen LogP contribution is 2.33. The number of carbonyl (C=O) groups excluding carboxylic acids is 1. The predicted molar refractivity (Wildman–Crippen MR) is 152 cm³/mol. The van der Waals surface area contributed by atoms with E-state index in [4.69, 9.17) is 0 Å². The van der Waals surface area contributed by atoms with E-state index in [-0.39, 0.29) is 23.6 Å². The third-order valence-electron chi connectivity index (χ3n) is 7.09. The molecule has 2 atom stereocenters. The van der Waals surface area contributed by atoms with Gasteiger partial charge in [-0.25, -0.2) is 17.5 Å². The average Bonchev–Trinajstić information content (AvgIpc) is 2.90. The zero-order chi connectivity index (χ0) is 30.7. The number of alkyl halides is 3. The Morgan fingerprint density at radius 2 is 1.74 bits per heavy atom. The molecule has 0 heterocycles. The SMILES string of the molecule is CC(C)(C)NCc1ccc2c(c1)CCCC2NC(=O)CC(NS(=O)(=O)c1cccc(C(F)(F)F)c1)c1cccc(F)c1. The van der Waals surface area contributed by atoms with Gasteiger partial charge in [-0.05, 0) is 92.6 Å². The Hall–Kier alpha value is -3.28. The first kappa shape index (κ1) is 31.7. The van der Waals surface area contributed by atoms with Crippen molar-refractivity contribution in [2.24, 2.45) is 0 Å². The van der Waals surface area contributed by atoms with E-state index in [1.807, 2.05) is 12.1 Å². The van der Waals surface area contributed by atoms with Crippen molar-refractivity contribution in [3.05, 3.63) is 100 Å². The molecule has 1 aliphatic carbocycles. The molecule has 226 valence electrons. The number of sulfonamides is 1. The summed E-state index contributed by atoms with van der Waals surface area (Å²) in [6, 6.07) is 13.0.